The van der Waals surface area contributed by atoms with Gasteiger partial charge in [0.1, 0.15) is 0 Å². The van der Waals surface area contributed by atoms with Gasteiger partial charge in [0.05, 0.1) is 6.04 Å². The Morgan fingerprint density at radius 3 is 3.00 bits per heavy atom. The fraction of sp³-hybridized carbons (Fsp3) is 0.231. The Balaban J connectivity index is 1.91. The van der Waals surface area contributed by atoms with Crippen LogP contribution in [0, 0.1) is 0 Å². The summed E-state index contributed by atoms with van der Waals surface area (Å²) in [6.07, 6.45) is 2.54. The third-order valence-corrected chi connectivity index (χ3v) is 3.15. The normalized spacial score (nSPS) is 12.4. The van der Waals surface area contributed by atoms with E-state index in [1.54, 1.807) is 0 Å². The number of amides is 1. The number of hydrogen-bond acceptors (Lipinski definition) is 4. The Hall–Kier alpha value is -2.70. The highest BCUT2D eigenvalue weighted by atomic mass is 16.1. The predicted octanol–water partition coefficient (Wildman–Crippen LogP) is 1.10. The van der Waals surface area contributed by atoms with E-state index < -0.39 is 0 Å². The van der Waals surface area contributed by atoms with Gasteiger partial charge in [-0.3, -0.25) is 4.79 Å². The van der Waals surface area contributed by atoms with E-state index in [0.29, 0.717) is 12.2 Å². The number of aromatic nitrogens is 5. The van der Waals surface area contributed by atoms with Crippen molar-refractivity contribution in [2.75, 3.05) is 0 Å². The van der Waals surface area contributed by atoms with Crippen LogP contribution in [0.25, 0.3) is 10.9 Å². The number of aromatic amines is 2. The molecule has 3 aromatic rings. The molecule has 0 saturated carbocycles. The van der Waals surface area contributed by atoms with Crippen molar-refractivity contribution in [1.82, 2.24) is 30.9 Å². The molecule has 1 unspecified atom stereocenters. The van der Waals surface area contributed by atoms with Crippen LogP contribution in [0.3, 0.4) is 0 Å². The van der Waals surface area contributed by atoms with Crippen molar-refractivity contribution in [1.29, 1.82) is 0 Å². The van der Waals surface area contributed by atoms with Gasteiger partial charge in [-0.05, 0) is 11.6 Å². The monoisotopic (exact) mass is 270 g/mol. The van der Waals surface area contributed by atoms with Crippen molar-refractivity contribution in [2.24, 2.45) is 0 Å². The van der Waals surface area contributed by atoms with Gasteiger partial charge in [-0.15, -0.1) is 10.2 Å². The lowest BCUT2D eigenvalue weighted by Crippen LogP contribution is -2.28. The van der Waals surface area contributed by atoms with Crippen LogP contribution in [0.4, 0.5) is 0 Å². The minimum Gasteiger partial charge on any atom is -0.361 e. The van der Waals surface area contributed by atoms with Gasteiger partial charge in [-0.1, -0.05) is 23.4 Å². The lowest BCUT2D eigenvalue weighted by Gasteiger charge is -2.13. The van der Waals surface area contributed by atoms with Crippen LogP contribution in [-0.4, -0.2) is 31.5 Å². The van der Waals surface area contributed by atoms with Gasteiger partial charge < -0.3 is 10.3 Å². The van der Waals surface area contributed by atoms with Crippen LogP contribution in [0.2, 0.25) is 0 Å². The van der Waals surface area contributed by atoms with Crippen molar-refractivity contribution < 1.29 is 4.79 Å². The maximum Gasteiger partial charge on any atom is 0.217 e. The molecule has 2 heterocycles. The Bertz CT molecular complexity index is 717. The fourth-order valence-electron chi connectivity index (χ4n) is 2.29. The van der Waals surface area contributed by atoms with Crippen molar-refractivity contribution >= 4 is 16.8 Å². The minimum absolute atomic E-state index is 0.125. The summed E-state index contributed by atoms with van der Waals surface area (Å²) >= 11 is 0. The molecule has 1 aromatic carbocycles. The first kappa shape index (κ1) is 12.3. The van der Waals surface area contributed by atoms with Crippen molar-refractivity contribution in [3.63, 3.8) is 0 Å². The zero-order chi connectivity index (χ0) is 13.9. The number of benzene rings is 1. The maximum atomic E-state index is 11.3. The molecule has 102 valence electrons. The van der Waals surface area contributed by atoms with Crippen LogP contribution in [0.15, 0.2) is 30.5 Å². The van der Waals surface area contributed by atoms with Crippen LogP contribution in [-0.2, 0) is 11.2 Å². The summed E-state index contributed by atoms with van der Waals surface area (Å²) in [6.45, 7) is 1.47. The molecule has 2 aromatic heterocycles. The highest BCUT2D eigenvalue weighted by Crippen LogP contribution is 2.22. The van der Waals surface area contributed by atoms with Gasteiger partial charge in [0.15, 0.2) is 5.82 Å². The summed E-state index contributed by atoms with van der Waals surface area (Å²) in [4.78, 5) is 14.6. The highest BCUT2D eigenvalue weighted by Gasteiger charge is 2.19. The number of hydrogen-bond donors (Lipinski definition) is 3. The summed E-state index contributed by atoms with van der Waals surface area (Å²) in [7, 11) is 0. The van der Waals surface area contributed by atoms with E-state index in [1.807, 2.05) is 30.5 Å². The summed E-state index contributed by atoms with van der Waals surface area (Å²) in [6, 6.07) is 7.72. The topological polar surface area (TPSA) is 99.4 Å². The van der Waals surface area contributed by atoms with Crippen LogP contribution in [0.1, 0.15) is 24.4 Å². The summed E-state index contributed by atoms with van der Waals surface area (Å²) < 4.78 is 0. The largest absolute Gasteiger partial charge is 0.361 e. The number of fused-ring (bicyclic) bond motifs is 1. The van der Waals surface area contributed by atoms with Crippen molar-refractivity contribution in [2.45, 2.75) is 19.4 Å². The fourth-order valence-corrected chi connectivity index (χ4v) is 2.29. The second-order valence-corrected chi connectivity index (χ2v) is 4.59. The zero-order valence-electron chi connectivity index (χ0n) is 10.9. The summed E-state index contributed by atoms with van der Waals surface area (Å²) in [5, 5.41) is 17.9. The molecular weight excluding hydrogens is 256 g/mol. The second kappa shape index (κ2) is 5.12. The molecule has 3 N–H and O–H groups in total. The quantitative estimate of drug-likeness (QED) is 0.661. The van der Waals surface area contributed by atoms with Crippen LogP contribution in [0.5, 0.6) is 0 Å². The Morgan fingerprint density at radius 1 is 1.40 bits per heavy atom. The molecule has 7 nitrogen and oxygen atoms in total. The van der Waals surface area contributed by atoms with Crippen molar-refractivity contribution in [3.05, 3.63) is 41.9 Å². The molecule has 1 atom stereocenters. The molecule has 3 rings (SSSR count). The van der Waals surface area contributed by atoms with Gasteiger partial charge in [0.25, 0.3) is 0 Å². The molecule has 0 saturated heterocycles. The van der Waals surface area contributed by atoms with E-state index in [4.69, 9.17) is 0 Å². The zero-order valence-corrected chi connectivity index (χ0v) is 10.9. The van der Waals surface area contributed by atoms with Gasteiger partial charge in [0, 0.05) is 30.4 Å². The lowest BCUT2D eigenvalue weighted by molar-refractivity contribution is -0.119. The summed E-state index contributed by atoms with van der Waals surface area (Å²) in [5.41, 5.74) is 2.17. The van der Waals surface area contributed by atoms with Gasteiger partial charge in [0.2, 0.25) is 5.91 Å². The average Bonchev–Trinajstić information content (AvgIpc) is 3.07. The van der Waals surface area contributed by atoms with Gasteiger partial charge in [-0.25, -0.2) is 0 Å². The van der Waals surface area contributed by atoms with Crippen LogP contribution >= 0.6 is 0 Å². The number of para-hydroxylation sites is 1. The molecule has 0 spiro atoms. The lowest BCUT2D eigenvalue weighted by atomic mass is 10.0. The number of carbonyl (C=O) groups is 1. The number of nitrogens with zero attached hydrogens (tertiary/aromatic N) is 3. The van der Waals surface area contributed by atoms with Crippen molar-refractivity contribution in [3.8, 4) is 0 Å². The number of tetrazole rings is 1. The van der Waals surface area contributed by atoms with Gasteiger partial charge in [-0.2, -0.15) is 5.21 Å². The molecule has 0 fully saturated rings. The molecule has 20 heavy (non-hydrogen) atoms. The van der Waals surface area contributed by atoms with E-state index in [0.717, 1.165) is 16.5 Å². The van der Waals surface area contributed by atoms with Crippen LogP contribution < -0.4 is 5.32 Å². The third kappa shape index (κ3) is 2.37. The Morgan fingerprint density at radius 2 is 2.25 bits per heavy atom. The molecule has 0 aliphatic rings. The summed E-state index contributed by atoms with van der Waals surface area (Å²) in [5.74, 6) is 0.352. The number of H-pyrrole nitrogens is 2. The first-order valence-electron chi connectivity index (χ1n) is 6.29. The standard InChI is InChI=1S/C13H14N6O/c1-8(20)15-12(13-16-18-19-17-13)6-9-7-14-11-5-3-2-4-10(9)11/h2-5,7,12,14H,6H2,1H3,(H,15,20)(H,16,17,18,19). The van der Waals surface area contributed by atoms with E-state index in [9.17, 15) is 4.79 Å². The molecular formula is C13H14N6O. The van der Waals surface area contributed by atoms with E-state index in [-0.39, 0.29) is 11.9 Å². The number of rotatable bonds is 4. The maximum absolute atomic E-state index is 11.3. The molecule has 7 heteroatoms. The van der Waals surface area contributed by atoms with E-state index >= 15 is 0 Å². The van der Waals surface area contributed by atoms with E-state index in [2.05, 4.69) is 30.9 Å². The Labute approximate surface area is 114 Å². The molecule has 0 aliphatic carbocycles. The average molecular weight is 270 g/mol. The Kier molecular flexibility index (Phi) is 3.16. The highest BCUT2D eigenvalue weighted by molar-refractivity contribution is 5.83. The number of carbonyl (C=O) groups excluding carboxylic acids is 1. The molecule has 0 radical (unpaired) electrons. The molecule has 0 bridgehead atoms. The first-order chi connectivity index (χ1) is 9.74. The second-order valence-electron chi connectivity index (χ2n) is 4.59. The van der Waals surface area contributed by atoms with E-state index in [1.165, 1.54) is 6.92 Å². The number of nitrogens with one attached hydrogen (secondary N) is 3. The SMILES string of the molecule is CC(=O)NC(Cc1c[nH]c2ccccc12)c1nn[nH]n1. The third-order valence-electron chi connectivity index (χ3n) is 3.15. The predicted molar refractivity (Wildman–Crippen MR) is 72.7 cm³/mol. The van der Waals surface area contributed by atoms with Gasteiger partial charge >= 0.3 is 0 Å². The molecule has 1 amide bonds. The molecule has 0 aliphatic heterocycles. The first-order valence-corrected chi connectivity index (χ1v) is 6.29. The minimum atomic E-state index is -0.301. The smallest absolute Gasteiger partial charge is 0.217 e.